The van der Waals surface area contributed by atoms with Crippen molar-refractivity contribution in [3.8, 4) is 0 Å². The molecule has 2 N–H and O–H groups in total. The first-order valence-corrected chi connectivity index (χ1v) is 13.7. The lowest BCUT2D eigenvalue weighted by Crippen LogP contribution is -2.62. The molecule has 4 aliphatic heterocycles. The zero-order valence-electron chi connectivity index (χ0n) is 20.9. The van der Waals surface area contributed by atoms with Crippen molar-refractivity contribution in [2.24, 2.45) is 5.92 Å². The Hall–Kier alpha value is -4.00. The summed E-state index contributed by atoms with van der Waals surface area (Å²) < 4.78 is 0. The summed E-state index contributed by atoms with van der Waals surface area (Å²) in [7, 11) is 0. The highest BCUT2D eigenvalue weighted by Gasteiger charge is 2.81. The van der Waals surface area contributed by atoms with Gasteiger partial charge in [-0.05, 0) is 66.1 Å². The predicted molar refractivity (Wildman–Crippen MR) is 150 cm³/mol. The molecule has 0 bridgehead atoms. The number of rotatable bonds is 2. The Morgan fingerprint density at radius 3 is 2.44 bits per heavy atom. The first-order valence-electron chi connectivity index (χ1n) is 13.3. The molecule has 0 saturated carbocycles. The summed E-state index contributed by atoms with van der Waals surface area (Å²) in [5.74, 6) is -1.50. The number of ketones is 1. The molecular formula is C32H24ClN3O3. The number of carbonyl (C=O) groups is 3. The van der Waals surface area contributed by atoms with Crippen molar-refractivity contribution in [3.63, 3.8) is 0 Å². The largest absolute Gasteiger partial charge is 0.325 e. The second kappa shape index (κ2) is 7.78. The number of anilines is 2. The molecule has 4 aliphatic rings. The summed E-state index contributed by atoms with van der Waals surface area (Å²) >= 11 is 6.53. The van der Waals surface area contributed by atoms with Gasteiger partial charge < -0.3 is 10.6 Å². The van der Waals surface area contributed by atoms with Gasteiger partial charge in [0.05, 0.1) is 5.92 Å². The third-order valence-electron chi connectivity index (χ3n) is 9.37. The number of fused-ring (bicyclic) bond motifs is 8. The van der Waals surface area contributed by atoms with E-state index in [9.17, 15) is 14.4 Å². The van der Waals surface area contributed by atoms with Crippen molar-refractivity contribution >= 4 is 51.3 Å². The minimum atomic E-state index is -1.47. The molecule has 192 valence electrons. The molecule has 6 nitrogen and oxygen atoms in total. The number of benzene rings is 4. The first kappa shape index (κ1) is 22.9. The Bertz CT molecular complexity index is 1770. The van der Waals surface area contributed by atoms with Crippen LogP contribution in [0.25, 0.3) is 10.8 Å². The second-order valence-corrected chi connectivity index (χ2v) is 11.4. The molecule has 39 heavy (non-hydrogen) atoms. The van der Waals surface area contributed by atoms with Crippen LogP contribution in [-0.2, 0) is 20.5 Å². The minimum Gasteiger partial charge on any atom is -0.325 e. The van der Waals surface area contributed by atoms with Gasteiger partial charge in [-0.3, -0.25) is 19.3 Å². The van der Waals surface area contributed by atoms with E-state index >= 15 is 0 Å². The van der Waals surface area contributed by atoms with Crippen LogP contribution in [0.1, 0.15) is 34.3 Å². The van der Waals surface area contributed by atoms with Gasteiger partial charge in [-0.1, -0.05) is 66.2 Å². The molecule has 4 atom stereocenters. The molecule has 8 rings (SSSR count). The number of hydrogen-bond acceptors (Lipinski definition) is 4. The zero-order chi connectivity index (χ0) is 26.5. The number of halogens is 1. The molecular weight excluding hydrogens is 510 g/mol. The van der Waals surface area contributed by atoms with E-state index in [1.807, 2.05) is 66.7 Å². The van der Waals surface area contributed by atoms with Crippen LogP contribution in [0.15, 0.2) is 84.9 Å². The van der Waals surface area contributed by atoms with E-state index in [0.29, 0.717) is 46.1 Å². The predicted octanol–water partition coefficient (Wildman–Crippen LogP) is 5.51. The second-order valence-electron chi connectivity index (χ2n) is 11.0. The van der Waals surface area contributed by atoms with Crippen LogP contribution >= 0.6 is 11.6 Å². The van der Waals surface area contributed by atoms with E-state index in [2.05, 4.69) is 15.5 Å². The van der Waals surface area contributed by atoms with E-state index in [4.69, 9.17) is 11.6 Å². The highest BCUT2D eigenvalue weighted by atomic mass is 35.5. The molecule has 0 radical (unpaired) electrons. The van der Waals surface area contributed by atoms with Gasteiger partial charge in [0.25, 0.3) is 5.91 Å². The Balaban J connectivity index is 1.45. The molecule has 2 amide bonds. The number of carbonyl (C=O) groups excluding carboxylic acids is 3. The van der Waals surface area contributed by atoms with Gasteiger partial charge in [-0.15, -0.1) is 0 Å². The van der Waals surface area contributed by atoms with Crippen LogP contribution in [0.5, 0.6) is 0 Å². The quantitative estimate of drug-likeness (QED) is 0.333. The highest BCUT2D eigenvalue weighted by molar-refractivity contribution is 6.31. The van der Waals surface area contributed by atoms with Crippen molar-refractivity contribution < 1.29 is 14.4 Å². The summed E-state index contributed by atoms with van der Waals surface area (Å²) in [6, 6.07) is 26.1. The van der Waals surface area contributed by atoms with E-state index in [-0.39, 0.29) is 23.6 Å². The summed E-state index contributed by atoms with van der Waals surface area (Å²) in [6.45, 7) is 0.600. The average Bonchev–Trinajstić information content (AvgIpc) is 3.67. The minimum absolute atomic E-state index is 0.121. The van der Waals surface area contributed by atoms with Crippen molar-refractivity contribution in [2.45, 2.75) is 29.8 Å². The maximum atomic E-state index is 14.8. The van der Waals surface area contributed by atoms with Crippen LogP contribution in [0.4, 0.5) is 11.4 Å². The van der Waals surface area contributed by atoms with E-state index in [0.717, 1.165) is 17.2 Å². The fraction of sp³-hybridized carbons (Fsp3) is 0.219. The van der Waals surface area contributed by atoms with E-state index in [1.54, 1.807) is 18.2 Å². The van der Waals surface area contributed by atoms with Crippen LogP contribution < -0.4 is 10.6 Å². The van der Waals surface area contributed by atoms with Gasteiger partial charge >= 0.3 is 0 Å². The van der Waals surface area contributed by atoms with E-state index in [1.165, 1.54) is 0 Å². The highest BCUT2D eigenvalue weighted by Crippen LogP contribution is 2.68. The summed E-state index contributed by atoms with van der Waals surface area (Å²) in [5, 5.41) is 8.61. The van der Waals surface area contributed by atoms with Crippen molar-refractivity contribution in [1.29, 1.82) is 0 Å². The van der Waals surface area contributed by atoms with Gasteiger partial charge in [-0.25, -0.2) is 0 Å². The van der Waals surface area contributed by atoms with Crippen LogP contribution in [0.2, 0.25) is 5.02 Å². The van der Waals surface area contributed by atoms with Crippen LogP contribution in [-0.4, -0.2) is 35.1 Å². The normalized spacial score (nSPS) is 28.5. The lowest BCUT2D eigenvalue weighted by molar-refractivity contribution is -0.137. The maximum absolute atomic E-state index is 14.8. The molecule has 2 fully saturated rings. The van der Waals surface area contributed by atoms with Crippen molar-refractivity contribution in [2.75, 3.05) is 17.2 Å². The number of nitrogens with zero attached hydrogens (tertiary/aromatic N) is 1. The molecule has 0 unspecified atom stereocenters. The molecule has 0 aliphatic carbocycles. The summed E-state index contributed by atoms with van der Waals surface area (Å²) in [6.07, 6.45) is 1.54. The van der Waals surface area contributed by atoms with Crippen molar-refractivity contribution in [3.05, 3.63) is 107 Å². The van der Waals surface area contributed by atoms with Gasteiger partial charge in [-0.2, -0.15) is 0 Å². The molecule has 4 aromatic carbocycles. The van der Waals surface area contributed by atoms with E-state index < -0.39 is 16.9 Å². The third-order valence-corrected chi connectivity index (χ3v) is 9.61. The third kappa shape index (κ3) is 2.63. The SMILES string of the molecule is O=C(c1ccc2ccccc2c1)[C@H]1[C@H]2CCCN2[C@@]2(C(=O)Nc3ccc(Cl)cc32)[C@]12C(=O)Nc1ccccc12. The summed E-state index contributed by atoms with van der Waals surface area (Å²) in [4.78, 5) is 45.9. The number of amides is 2. The molecule has 0 aromatic heterocycles. The van der Waals surface area contributed by atoms with Gasteiger partial charge in [0.15, 0.2) is 5.78 Å². The number of para-hydroxylation sites is 1. The Labute approximate surface area is 230 Å². The molecule has 4 aromatic rings. The molecule has 2 saturated heterocycles. The number of nitrogens with one attached hydrogen (secondary N) is 2. The van der Waals surface area contributed by atoms with Crippen LogP contribution in [0, 0.1) is 5.92 Å². The van der Waals surface area contributed by atoms with Gasteiger partial charge in [0.2, 0.25) is 5.91 Å². The maximum Gasteiger partial charge on any atom is 0.251 e. The van der Waals surface area contributed by atoms with Gasteiger partial charge in [0.1, 0.15) is 11.0 Å². The standard InChI is InChI=1S/C32H24ClN3O3/c33-21-13-14-25-23(17-21)32(30(39)35-25)31(22-8-3-4-9-24(22)34-29(31)38)27(26-10-5-15-36(26)32)28(37)20-12-11-18-6-1-2-7-19(18)16-20/h1-4,6-9,11-14,16-17,26-27H,5,10,15H2,(H,34,38)(H,35,39)/t26-,27-,31+,32+/m1/s1. The lowest BCUT2D eigenvalue weighted by Gasteiger charge is -2.43. The van der Waals surface area contributed by atoms with Crippen LogP contribution in [0.3, 0.4) is 0 Å². The van der Waals surface area contributed by atoms with Gasteiger partial charge in [0, 0.05) is 33.6 Å². The smallest absolute Gasteiger partial charge is 0.251 e. The van der Waals surface area contributed by atoms with Crippen molar-refractivity contribution in [1.82, 2.24) is 4.90 Å². The number of hydrogen-bond donors (Lipinski definition) is 2. The molecule has 4 heterocycles. The Kier molecular flexibility index (Phi) is 4.57. The lowest BCUT2D eigenvalue weighted by atomic mass is 9.57. The topological polar surface area (TPSA) is 78.5 Å². The molecule has 7 heteroatoms. The zero-order valence-corrected chi connectivity index (χ0v) is 21.7. The first-order chi connectivity index (χ1) is 19.0. The summed E-state index contributed by atoms with van der Waals surface area (Å²) in [5.41, 5.74) is 0.274. The monoisotopic (exact) mass is 533 g/mol. The fourth-order valence-corrected chi connectivity index (χ4v) is 8.24. The molecule has 2 spiro atoms. The Morgan fingerprint density at radius 2 is 1.56 bits per heavy atom. The number of Topliss-reactive ketones (excluding diaryl/α,β-unsaturated/α-hetero) is 1. The fourth-order valence-electron chi connectivity index (χ4n) is 8.07. The average molecular weight is 534 g/mol. The Morgan fingerprint density at radius 1 is 0.821 bits per heavy atom.